The third kappa shape index (κ3) is 3.64. The Morgan fingerprint density at radius 3 is 3.00 bits per heavy atom. The summed E-state index contributed by atoms with van der Waals surface area (Å²) < 4.78 is 0. The van der Waals surface area contributed by atoms with Crippen LogP contribution in [0.5, 0.6) is 0 Å². The minimum atomic E-state index is -1.06. The maximum Gasteiger partial charge on any atom is 0.328 e. The Morgan fingerprint density at radius 1 is 1.55 bits per heavy atom. The van der Waals surface area contributed by atoms with Gasteiger partial charge in [-0.15, -0.1) is 0 Å². The minimum absolute atomic E-state index is 0.136. The van der Waals surface area contributed by atoms with Crippen molar-refractivity contribution in [3.8, 4) is 0 Å². The highest BCUT2D eigenvalue weighted by molar-refractivity contribution is 5.98. The summed E-state index contributed by atoms with van der Waals surface area (Å²) in [5, 5.41) is 11.6. The summed E-state index contributed by atoms with van der Waals surface area (Å²) in [5.74, 6) is -1.25. The summed E-state index contributed by atoms with van der Waals surface area (Å²) in [6.07, 6.45) is 6.30. The van der Waals surface area contributed by atoms with Crippen LogP contribution in [0.25, 0.3) is 6.08 Å². The van der Waals surface area contributed by atoms with Gasteiger partial charge >= 0.3 is 5.97 Å². The second-order valence-corrected chi connectivity index (χ2v) is 4.86. The van der Waals surface area contributed by atoms with Crippen LogP contribution in [0.4, 0.5) is 0 Å². The van der Waals surface area contributed by atoms with Crippen LogP contribution in [0.3, 0.4) is 0 Å². The van der Waals surface area contributed by atoms with Gasteiger partial charge in [0.2, 0.25) is 0 Å². The molecule has 1 atom stereocenters. The van der Waals surface area contributed by atoms with E-state index in [0.29, 0.717) is 11.1 Å². The molecule has 106 valence electrons. The molecule has 0 saturated carbocycles. The molecule has 2 N–H and O–H groups in total. The average molecular weight is 275 g/mol. The van der Waals surface area contributed by atoms with Crippen LogP contribution >= 0.6 is 0 Å². The molecular weight excluding hydrogens is 258 g/mol. The van der Waals surface area contributed by atoms with Gasteiger partial charge in [0, 0.05) is 42.2 Å². The number of carbonyl (C=O) groups is 2. The quantitative estimate of drug-likeness (QED) is 0.787. The number of nitrogens with zero attached hydrogens (tertiary/aromatic N) is 2. The largest absolute Gasteiger partial charge is 0.478 e. The summed E-state index contributed by atoms with van der Waals surface area (Å²) >= 11 is 0. The van der Waals surface area contributed by atoms with Gasteiger partial charge in [0.15, 0.2) is 0 Å². The van der Waals surface area contributed by atoms with Crippen molar-refractivity contribution in [1.29, 1.82) is 0 Å². The topological polar surface area (TPSA) is 82.5 Å². The number of likely N-dealkylation sites (tertiary alicyclic amines) is 1. The van der Waals surface area contributed by atoms with Gasteiger partial charge in [-0.05, 0) is 32.2 Å². The Morgan fingerprint density at radius 2 is 2.35 bits per heavy atom. The van der Waals surface area contributed by atoms with E-state index in [1.165, 1.54) is 18.5 Å². The maximum absolute atomic E-state index is 12.2. The minimum Gasteiger partial charge on any atom is -0.478 e. The number of carboxylic acids is 1. The highest BCUT2D eigenvalue weighted by Crippen LogP contribution is 2.12. The van der Waals surface area contributed by atoms with E-state index in [0.717, 1.165) is 25.6 Å². The fourth-order valence-corrected chi connectivity index (χ4v) is 2.22. The summed E-state index contributed by atoms with van der Waals surface area (Å²) in [5.41, 5.74) is 0.936. The van der Waals surface area contributed by atoms with Gasteiger partial charge in [-0.25, -0.2) is 4.79 Å². The van der Waals surface area contributed by atoms with Crippen LogP contribution in [-0.2, 0) is 4.79 Å². The molecule has 1 unspecified atom stereocenters. The highest BCUT2D eigenvalue weighted by atomic mass is 16.4. The number of likely N-dealkylation sites (N-methyl/N-ethyl adjacent to an activating group) is 1. The first-order valence-corrected chi connectivity index (χ1v) is 6.40. The molecule has 2 heterocycles. The fraction of sp³-hybridized carbons (Fsp3) is 0.357. The third-order valence-electron chi connectivity index (χ3n) is 3.23. The zero-order valence-corrected chi connectivity index (χ0v) is 11.2. The number of rotatable bonds is 4. The van der Waals surface area contributed by atoms with Gasteiger partial charge in [-0.1, -0.05) is 0 Å². The Kier molecular flexibility index (Phi) is 4.47. The smallest absolute Gasteiger partial charge is 0.328 e. The van der Waals surface area contributed by atoms with E-state index in [1.54, 1.807) is 6.07 Å². The zero-order valence-electron chi connectivity index (χ0n) is 11.2. The van der Waals surface area contributed by atoms with E-state index in [-0.39, 0.29) is 11.9 Å². The summed E-state index contributed by atoms with van der Waals surface area (Å²) in [7, 11) is 2.01. The van der Waals surface area contributed by atoms with E-state index in [1.807, 2.05) is 7.05 Å². The Labute approximate surface area is 117 Å². The SMILES string of the molecule is CN1CCC(NC(=O)c2ccncc2C=CC(=O)O)C1. The molecule has 0 bridgehead atoms. The van der Waals surface area contributed by atoms with Gasteiger partial charge in [0.05, 0.1) is 0 Å². The molecule has 1 amide bonds. The normalized spacial score (nSPS) is 19.4. The number of pyridine rings is 1. The number of hydrogen-bond acceptors (Lipinski definition) is 4. The lowest BCUT2D eigenvalue weighted by Crippen LogP contribution is -2.36. The second kappa shape index (κ2) is 6.29. The highest BCUT2D eigenvalue weighted by Gasteiger charge is 2.22. The van der Waals surface area contributed by atoms with Crippen molar-refractivity contribution in [3.63, 3.8) is 0 Å². The van der Waals surface area contributed by atoms with Crippen molar-refractivity contribution in [2.75, 3.05) is 20.1 Å². The first-order valence-electron chi connectivity index (χ1n) is 6.40. The molecule has 0 radical (unpaired) electrons. The molecule has 2 rings (SSSR count). The number of amides is 1. The number of aromatic nitrogens is 1. The molecule has 1 aromatic rings. The van der Waals surface area contributed by atoms with Crippen molar-refractivity contribution in [2.45, 2.75) is 12.5 Å². The van der Waals surface area contributed by atoms with Crippen LogP contribution in [0, 0.1) is 0 Å². The molecule has 1 aliphatic heterocycles. The fourth-order valence-electron chi connectivity index (χ4n) is 2.22. The van der Waals surface area contributed by atoms with E-state index < -0.39 is 5.97 Å². The lowest BCUT2D eigenvalue weighted by molar-refractivity contribution is -0.131. The van der Waals surface area contributed by atoms with Crippen LogP contribution in [0.2, 0.25) is 0 Å². The van der Waals surface area contributed by atoms with E-state index >= 15 is 0 Å². The van der Waals surface area contributed by atoms with Crippen molar-refractivity contribution in [3.05, 3.63) is 35.7 Å². The average Bonchev–Trinajstić information content (AvgIpc) is 2.82. The van der Waals surface area contributed by atoms with Crippen LogP contribution < -0.4 is 5.32 Å². The number of aliphatic carboxylic acids is 1. The van der Waals surface area contributed by atoms with Gasteiger partial charge in [0.1, 0.15) is 0 Å². The van der Waals surface area contributed by atoms with Gasteiger partial charge < -0.3 is 15.3 Å². The monoisotopic (exact) mass is 275 g/mol. The van der Waals surface area contributed by atoms with Gasteiger partial charge in [0.25, 0.3) is 5.91 Å². The molecule has 6 heteroatoms. The predicted molar refractivity (Wildman–Crippen MR) is 74.3 cm³/mol. The van der Waals surface area contributed by atoms with E-state index in [4.69, 9.17) is 5.11 Å². The van der Waals surface area contributed by atoms with Crippen LogP contribution in [-0.4, -0.2) is 53.0 Å². The molecule has 1 fully saturated rings. The van der Waals surface area contributed by atoms with Crippen molar-refractivity contribution < 1.29 is 14.7 Å². The van der Waals surface area contributed by atoms with Gasteiger partial charge in [-0.3, -0.25) is 9.78 Å². The second-order valence-electron chi connectivity index (χ2n) is 4.86. The molecule has 1 aliphatic rings. The van der Waals surface area contributed by atoms with E-state index in [2.05, 4.69) is 15.2 Å². The molecule has 0 aromatic carbocycles. The standard InChI is InChI=1S/C14H17N3O3/c1-17-7-5-11(9-17)16-14(20)12-4-6-15-8-10(12)2-3-13(18)19/h2-4,6,8,11H,5,7,9H2,1H3,(H,16,20)(H,18,19). The van der Waals surface area contributed by atoms with Crippen molar-refractivity contribution in [2.24, 2.45) is 0 Å². The summed E-state index contributed by atoms with van der Waals surface area (Å²) in [6, 6.07) is 1.73. The zero-order chi connectivity index (χ0) is 14.5. The lowest BCUT2D eigenvalue weighted by Gasteiger charge is -2.13. The van der Waals surface area contributed by atoms with E-state index in [9.17, 15) is 9.59 Å². The Bertz CT molecular complexity index is 542. The number of carbonyl (C=O) groups excluding carboxylic acids is 1. The van der Waals surface area contributed by atoms with Crippen molar-refractivity contribution in [1.82, 2.24) is 15.2 Å². The van der Waals surface area contributed by atoms with Gasteiger partial charge in [-0.2, -0.15) is 0 Å². The molecule has 1 aromatic heterocycles. The number of carboxylic acid groups (broad SMARTS) is 1. The first-order chi connectivity index (χ1) is 9.56. The summed E-state index contributed by atoms with van der Waals surface area (Å²) in [6.45, 7) is 1.80. The van der Waals surface area contributed by atoms with Crippen molar-refractivity contribution >= 4 is 18.0 Å². The predicted octanol–water partition coefficient (Wildman–Crippen LogP) is 0.613. The molecule has 0 aliphatic carbocycles. The molecule has 6 nitrogen and oxygen atoms in total. The summed E-state index contributed by atoms with van der Waals surface area (Å²) in [4.78, 5) is 28.9. The Hall–Kier alpha value is -2.21. The molecular formula is C14H17N3O3. The van der Waals surface area contributed by atoms with Crippen LogP contribution in [0.1, 0.15) is 22.3 Å². The Balaban J connectivity index is 2.11. The molecule has 1 saturated heterocycles. The maximum atomic E-state index is 12.2. The number of hydrogen-bond donors (Lipinski definition) is 2. The molecule has 20 heavy (non-hydrogen) atoms. The first kappa shape index (κ1) is 14.2. The molecule has 0 spiro atoms. The lowest BCUT2D eigenvalue weighted by atomic mass is 10.1. The number of nitrogens with one attached hydrogen (secondary N) is 1. The van der Waals surface area contributed by atoms with Crippen LogP contribution in [0.15, 0.2) is 24.5 Å². The third-order valence-corrected chi connectivity index (χ3v) is 3.23.